The van der Waals surface area contributed by atoms with Crippen molar-refractivity contribution >= 4 is 21.6 Å². The molecule has 0 unspecified atom stereocenters. The summed E-state index contributed by atoms with van der Waals surface area (Å²) in [6.07, 6.45) is 0.534. The minimum atomic E-state index is -3.82. The maximum atomic E-state index is 12.7. The van der Waals surface area contributed by atoms with Gasteiger partial charge in [0.1, 0.15) is 0 Å². The van der Waals surface area contributed by atoms with E-state index in [9.17, 15) is 23.3 Å². The summed E-state index contributed by atoms with van der Waals surface area (Å²) >= 11 is 0. The quantitative estimate of drug-likeness (QED) is 0.601. The normalized spacial score (nSPS) is 16.9. The number of nitro groups is 1. The molecular weight excluding hydrogens is 334 g/mol. The van der Waals surface area contributed by atoms with Gasteiger partial charge in [0.15, 0.2) is 0 Å². The van der Waals surface area contributed by atoms with Gasteiger partial charge in [0.05, 0.1) is 9.82 Å². The molecule has 1 heterocycles. The van der Waals surface area contributed by atoms with Gasteiger partial charge in [0.25, 0.3) is 5.69 Å². The Morgan fingerprint density at radius 3 is 2.54 bits per heavy atom. The van der Waals surface area contributed by atoms with Gasteiger partial charge in [0.2, 0.25) is 15.9 Å². The van der Waals surface area contributed by atoms with Crippen LogP contribution in [0.5, 0.6) is 0 Å². The maximum absolute atomic E-state index is 12.7. The lowest BCUT2D eigenvalue weighted by Crippen LogP contribution is -2.38. The van der Waals surface area contributed by atoms with Gasteiger partial charge in [-0.25, -0.2) is 8.42 Å². The summed E-state index contributed by atoms with van der Waals surface area (Å²) in [4.78, 5) is 23.9. The highest BCUT2D eigenvalue weighted by Gasteiger charge is 2.29. The van der Waals surface area contributed by atoms with Gasteiger partial charge in [-0.15, -0.1) is 0 Å². The van der Waals surface area contributed by atoms with Crippen molar-refractivity contribution < 1.29 is 18.1 Å². The highest BCUT2D eigenvalue weighted by Crippen LogP contribution is 2.22. The molecule has 1 aromatic rings. The topological polar surface area (TPSA) is 101 Å². The fraction of sp³-hybridized carbons (Fsp3) is 0.533. The molecule has 1 aliphatic heterocycles. The third kappa shape index (κ3) is 3.90. The van der Waals surface area contributed by atoms with Gasteiger partial charge >= 0.3 is 0 Å². The van der Waals surface area contributed by atoms with Crippen molar-refractivity contribution in [1.82, 2.24) is 9.21 Å². The van der Waals surface area contributed by atoms with E-state index in [1.807, 2.05) is 13.8 Å². The zero-order valence-electron chi connectivity index (χ0n) is 13.7. The average molecular weight is 355 g/mol. The number of non-ortho nitro benzene ring substituents is 1. The minimum absolute atomic E-state index is 0.00426. The molecule has 2 rings (SSSR count). The number of nitro benzene ring substituents is 1. The fourth-order valence-electron chi connectivity index (χ4n) is 2.63. The first-order chi connectivity index (χ1) is 11.2. The second-order valence-electron chi connectivity index (χ2n) is 5.99. The number of amides is 1. The Morgan fingerprint density at radius 2 is 1.92 bits per heavy atom. The van der Waals surface area contributed by atoms with Crippen LogP contribution < -0.4 is 0 Å². The Labute approximate surface area is 141 Å². The highest BCUT2D eigenvalue weighted by atomic mass is 32.2. The number of carbonyl (C=O) groups is 1. The van der Waals surface area contributed by atoms with E-state index in [1.54, 1.807) is 4.90 Å². The number of hydrogen-bond donors (Lipinski definition) is 0. The number of rotatable bonds is 4. The number of hydrogen-bond acceptors (Lipinski definition) is 5. The lowest BCUT2D eigenvalue weighted by Gasteiger charge is -2.23. The summed E-state index contributed by atoms with van der Waals surface area (Å²) in [7, 11) is -3.82. The number of benzene rings is 1. The van der Waals surface area contributed by atoms with Crippen molar-refractivity contribution in [3.8, 4) is 0 Å². The van der Waals surface area contributed by atoms with Crippen molar-refractivity contribution in [1.29, 1.82) is 0 Å². The van der Waals surface area contributed by atoms with Crippen molar-refractivity contribution in [2.24, 2.45) is 5.92 Å². The van der Waals surface area contributed by atoms with Crippen LogP contribution in [0.25, 0.3) is 0 Å². The molecule has 24 heavy (non-hydrogen) atoms. The van der Waals surface area contributed by atoms with Crippen LogP contribution in [0, 0.1) is 16.0 Å². The lowest BCUT2D eigenvalue weighted by atomic mass is 10.2. The van der Waals surface area contributed by atoms with Crippen LogP contribution in [0.2, 0.25) is 0 Å². The van der Waals surface area contributed by atoms with Gasteiger partial charge in [-0.1, -0.05) is 19.9 Å². The Morgan fingerprint density at radius 1 is 1.21 bits per heavy atom. The first-order valence-corrected chi connectivity index (χ1v) is 9.21. The largest absolute Gasteiger partial charge is 0.341 e. The van der Waals surface area contributed by atoms with Crippen LogP contribution in [-0.2, 0) is 14.8 Å². The third-order valence-electron chi connectivity index (χ3n) is 3.93. The molecule has 132 valence electrons. The molecule has 1 saturated heterocycles. The highest BCUT2D eigenvalue weighted by molar-refractivity contribution is 7.89. The second kappa shape index (κ2) is 7.27. The van der Waals surface area contributed by atoms with Crippen molar-refractivity contribution in [3.63, 3.8) is 0 Å². The first-order valence-electron chi connectivity index (χ1n) is 7.77. The van der Waals surface area contributed by atoms with E-state index < -0.39 is 14.9 Å². The summed E-state index contributed by atoms with van der Waals surface area (Å²) in [5.41, 5.74) is -0.262. The Kier molecular flexibility index (Phi) is 5.55. The summed E-state index contributed by atoms with van der Waals surface area (Å²) in [6, 6.07) is 5.03. The van der Waals surface area contributed by atoms with E-state index in [2.05, 4.69) is 0 Å². The van der Waals surface area contributed by atoms with E-state index in [-0.39, 0.29) is 35.5 Å². The van der Waals surface area contributed by atoms with E-state index in [4.69, 9.17) is 0 Å². The third-order valence-corrected chi connectivity index (χ3v) is 5.82. The van der Waals surface area contributed by atoms with Gasteiger partial charge in [-0.3, -0.25) is 14.9 Å². The van der Waals surface area contributed by atoms with Gasteiger partial charge in [0, 0.05) is 44.2 Å². The lowest BCUT2D eigenvalue weighted by molar-refractivity contribution is -0.385. The molecule has 0 spiro atoms. The number of nitrogens with zero attached hydrogens (tertiary/aromatic N) is 3. The molecule has 0 atom stereocenters. The first kappa shape index (κ1) is 18.3. The maximum Gasteiger partial charge on any atom is 0.270 e. The zero-order valence-corrected chi connectivity index (χ0v) is 14.5. The van der Waals surface area contributed by atoms with Crippen molar-refractivity contribution in [2.75, 3.05) is 26.2 Å². The SMILES string of the molecule is CC(C)C(=O)N1CCCN(S(=O)(=O)c2cccc([N+](=O)[O-])c2)CC1. The average Bonchev–Trinajstić information content (AvgIpc) is 2.80. The molecule has 1 fully saturated rings. The van der Waals surface area contributed by atoms with E-state index in [1.165, 1.54) is 22.5 Å². The minimum Gasteiger partial charge on any atom is -0.341 e. The molecule has 0 bridgehead atoms. The van der Waals surface area contributed by atoms with Crippen LogP contribution in [0.4, 0.5) is 5.69 Å². The zero-order chi connectivity index (χ0) is 17.9. The predicted molar refractivity (Wildman–Crippen MR) is 87.9 cm³/mol. The van der Waals surface area contributed by atoms with E-state index >= 15 is 0 Å². The van der Waals surface area contributed by atoms with E-state index in [0.29, 0.717) is 19.5 Å². The van der Waals surface area contributed by atoms with Crippen LogP contribution in [-0.4, -0.2) is 54.6 Å². The number of sulfonamides is 1. The Bertz CT molecular complexity index is 732. The molecule has 9 heteroatoms. The monoisotopic (exact) mass is 355 g/mol. The molecule has 0 aliphatic carbocycles. The molecule has 0 radical (unpaired) electrons. The Balaban J connectivity index is 2.20. The van der Waals surface area contributed by atoms with Crippen LogP contribution in [0.1, 0.15) is 20.3 Å². The smallest absolute Gasteiger partial charge is 0.270 e. The van der Waals surface area contributed by atoms with Crippen LogP contribution in [0.3, 0.4) is 0 Å². The number of carbonyl (C=O) groups excluding carboxylic acids is 1. The molecular formula is C15H21N3O5S. The van der Waals surface area contributed by atoms with Crippen molar-refractivity contribution in [2.45, 2.75) is 25.2 Å². The molecule has 0 aromatic heterocycles. The van der Waals surface area contributed by atoms with Crippen LogP contribution in [0.15, 0.2) is 29.2 Å². The Hall–Kier alpha value is -2.00. The molecule has 8 nitrogen and oxygen atoms in total. The summed E-state index contributed by atoms with van der Waals surface area (Å²) in [5, 5.41) is 10.8. The molecule has 0 saturated carbocycles. The summed E-state index contributed by atoms with van der Waals surface area (Å²) in [6.45, 7) is 4.93. The van der Waals surface area contributed by atoms with Crippen LogP contribution >= 0.6 is 0 Å². The summed E-state index contributed by atoms with van der Waals surface area (Å²) in [5.74, 6) is -0.130. The fourth-order valence-corrected chi connectivity index (χ4v) is 4.14. The van der Waals surface area contributed by atoms with Crippen molar-refractivity contribution in [3.05, 3.63) is 34.4 Å². The molecule has 1 aromatic carbocycles. The summed E-state index contributed by atoms with van der Waals surface area (Å²) < 4.78 is 26.7. The standard InChI is InChI=1S/C15H21N3O5S/c1-12(2)15(19)16-7-4-8-17(10-9-16)24(22,23)14-6-3-5-13(11-14)18(20)21/h3,5-6,11-12H,4,7-10H2,1-2H3. The molecule has 1 aliphatic rings. The predicted octanol–water partition coefficient (Wildman–Crippen LogP) is 1.47. The van der Waals surface area contributed by atoms with Gasteiger partial charge in [-0.05, 0) is 12.5 Å². The second-order valence-corrected chi connectivity index (χ2v) is 7.93. The van der Waals surface area contributed by atoms with E-state index in [0.717, 1.165) is 6.07 Å². The molecule has 0 N–H and O–H groups in total. The molecule has 1 amide bonds. The van der Waals surface area contributed by atoms with Gasteiger partial charge < -0.3 is 4.90 Å². The van der Waals surface area contributed by atoms with Gasteiger partial charge in [-0.2, -0.15) is 4.31 Å².